The Labute approximate surface area is 56.5 Å². The van der Waals surface area contributed by atoms with E-state index in [0.29, 0.717) is 6.54 Å². The van der Waals surface area contributed by atoms with E-state index in [-0.39, 0.29) is 5.01 Å². The first-order valence-electron chi connectivity index (χ1n) is 2.75. The summed E-state index contributed by atoms with van der Waals surface area (Å²) >= 11 is 0. The summed E-state index contributed by atoms with van der Waals surface area (Å²) < 4.78 is 35.5. The SMILES string of the molecule is CN1CC=CN1C(F)(F)F. The number of likely N-dealkylation sites (N-methyl/N-ethyl adjacent to an activating group) is 1. The molecule has 0 fully saturated rings. The van der Waals surface area contributed by atoms with Crippen LogP contribution in [0.4, 0.5) is 13.2 Å². The van der Waals surface area contributed by atoms with E-state index in [2.05, 4.69) is 0 Å². The van der Waals surface area contributed by atoms with Gasteiger partial charge in [-0.25, -0.2) is 10.0 Å². The summed E-state index contributed by atoms with van der Waals surface area (Å²) in [4.78, 5) is 0. The average Bonchev–Trinajstić information content (AvgIpc) is 2.11. The fraction of sp³-hybridized carbons (Fsp3) is 0.600. The van der Waals surface area contributed by atoms with Crippen molar-refractivity contribution in [2.24, 2.45) is 0 Å². The van der Waals surface area contributed by atoms with Crippen LogP contribution in [0.3, 0.4) is 0 Å². The highest BCUT2D eigenvalue weighted by Crippen LogP contribution is 2.24. The molecule has 0 saturated heterocycles. The number of halogens is 3. The molecule has 0 N–H and O–H groups in total. The Bertz CT molecular complexity index is 151. The molecule has 0 aliphatic carbocycles. The maximum Gasteiger partial charge on any atom is 0.498 e. The molecule has 1 rings (SSSR count). The second-order valence-corrected chi connectivity index (χ2v) is 2.04. The van der Waals surface area contributed by atoms with Crippen LogP contribution in [-0.2, 0) is 0 Å². The predicted molar refractivity (Wildman–Crippen MR) is 29.7 cm³/mol. The topological polar surface area (TPSA) is 6.48 Å². The van der Waals surface area contributed by atoms with E-state index in [9.17, 15) is 13.2 Å². The second kappa shape index (κ2) is 2.16. The summed E-state index contributed by atoms with van der Waals surface area (Å²) in [6.07, 6.45) is -1.81. The van der Waals surface area contributed by atoms with E-state index >= 15 is 0 Å². The van der Waals surface area contributed by atoms with Gasteiger partial charge in [0.15, 0.2) is 0 Å². The van der Waals surface area contributed by atoms with Gasteiger partial charge in [-0.3, -0.25) is 0 Å². The lowest BCUT2D eigenvalue weighted by Crippen LogP contribution is -2.42. The molecule has 2 nitrogen and oxygen atoms in total. The van der Waals surface area contributed by atoms with E-state index in [1.54, 1.807) is 0 Å². The van der Waals surface area contributed by atoms with E-state index in [4.69, 9.17) is 0 Å². The Balaban J connectivity index is 2.64. The Hall–Kier alpha value is -0.710. The molecule has 5 heteroatoms. The third kappa shape index (κ3) is 1.23. The maximum atomic E-state index is 11.8. The van der Waals surface area contributed by atoms with Crippen molar-refractivity contribution in [1.29, 1.82) is 0 Å². The van der Waals surface area contributed by atoms with Crippen LogP contribution in [0.5, 0.6) is 0 Å². The number of nitrogens with zero attached hydrogens (tertiary/aromatic N) is 2. The highest BCUT2D eigenvalue weighted by molar-refractivity contribution is 4.91. The summed E-state index contributed by atoms with van der Waals surface area (Å²) in [7, 11) is 1.38. The molecule has 0 amide bonds. The van der Waals surface area contributed by atoms with Gasteiger partial charge >= 0.3 is 6.30 Å². The summed E-state index contributed by atoms with van der Waals surface area (Å²) in [5.74, 6) is 0. The first-order valence-corrected chi connectivity index (χ1v) is 2.75. The third-order valence-corrected chi connectivity index (χ3v) is 1.24. The Kier molecular flexibility index (Phi) is 1.60. The van der Waals surface area contributed by atoms with Crippen LogP contribution in [0.15, 0.2) is 12.3 Å². The van der Waals surface area contributed by atoms with Crippen molar-refractivity contribution in [3.63, 3.8) is 0 Å². The number of hydrogen-bond donors (Lipinski definition) is 0. The van der Waals surface area contributed by atoms with Crippen molar-refractivity contribution < 1.29 is 13.2 Å². The van der Waals surface area contributed by atoms with Crippen LogP contribution < -0.4 is 0 Å². The minimum absolute atomic E-state index is 0.243. The minimum Gasteiger partial charge on any atom is -0.221 e. The van der Waals surface area contributed by atoms with E-state index in [1.807, 2.05) is 0 Å². The zero-order valence-corrected chi connectivity index (χ0v) is 5.39. The molecule has 0 saturated carbocycles. The quantitative estimate of drug-likeness (QED) is 0.481. The summed E-state index contributed by atoms with van der Waals surface area (Å²) in [5, 5.41) is 1.33. The van der Waals surface area contributed by atoms with Crippen LogP contribution in [0, 0.1) is 0 Å². The van der Waals surface area contributed by atoms with Gasteiger partial charge in [-0.05, 0) is 0 Å². The fourth-order valence-corrected chi connectivity index (χ4v) is 0.779. The summed E-state index contributed by atoms with van der Waals surface area (Å²) in [5.41, 5.74) is 0. The molecule has 0 spiro atoms. The van der Waals surface area contributed by atoms with Gasteiger partial charge in [-0.1, -0.05) is 6.08 Å². The van der Waals surface area contributed by atoms with E-state index in [1.165, 1.54) is 13.1 Å². The largest absolute Gasteiger partial charge is 0.498 e. The smallest absolute Gasteiger partial charge is 0.221 e. The molecule has 58 valence electrons. The molecule has 0 radical (unpaired) electrons. The van der Waals surface area contributed by atoms with Gasteiger partial charge in [0.2, 0.25) is 0 Å². The molecule has 1 aliphatic rings. The van der Waals surface area contributed by atoms with Crippen molar-refractivity contribution in [3.8, 4) is 0 Å². The Morgan fingerprint density at radius 1 is 1.40 bits per heavy atom. The lowest BCUT2D eigenvalue weighted by atomic mass is 10.6. The molecule has 0 unspecified atom stereocenters. The molecule has 0 aromatic heterocycles. The summed E-state index contributed by atoms with van der Waals surface area (Å²) in [6.45, 7) is 0.319. The Morgan fingerprint density at radius 2 is 2.00 bits per heavy atom. The van der Waals surface area contributed by atoms with Gasteiger partial charge in [0, 0.05) is 19.8 Å². The van der Waals surface area contributed by atoms with Gasteiger partial charge in [0.25, 0.3) is 0 Å². The molecular weight excluding hydrogens is 145 g/mol. The number of rotatable bonds is 0. The lowest BCUT2D eigenvalue weighted by molar-refractivity contribution is -0.280. The standard InChI is InChI=1S/C5H7F3N2/c1-9-3-2-4-10(9)5(6,7)8/h2,4H,3H2,1H3. The molecule has 1 heterocycles. The van der Waals surface area contributed by atoms with Gasteiger partial charge in [-0.2, -0.15) is 0 Å². The zero-order chi connectivity index (χ0) is 7.78. The third-order valence-electron chi connectivity index (χ3n) is 1.24. The molecule has 0 aromatic rings. The van der Waals surface area contributed by atoms with Gasteiger partial charge in [-0.15, -0.1) is 13.2 Å². The number of hydrogen-bond acceptors (Lipinski definition) is 2. The molecule has 1 aliphatic heterocycles. The highest BCUT2D eigenvalue weighted by atomic mass is 19.4. The van der Waals surface area contributed by atoms with Crippen LogP contribution in [0.25, 0.3) is 0 Å². The van der Waals surface area contributed by atoms with Crippen LogP contribution in [-0.4, -0.2) is 29.9 Å². The zero-order valence-electron chi connectivity index (χ0n) is 5.39. The lowest BCUT2D eigenvalue weighted by Gasteiger charge is -2.26. The minimum atomic E-state index is -4.28. The molecular formula is C5H7F3N2. The molecule has 0 aromatic carbocycles. The first-order chi connectivity index (χ1) is 4.52. The van der Waals surface area contributed by atoms with Crippen molar-refractivity contribution in [1.82, 2.24) is 10.0 Å². The second-order valence-electron chi connectivity index (χ2n) is 2.04. The van der Waals surface area contributed by atoms with E-state index < -0.39 is 6.30 Å². The summed E-state index contributed by atoms with van der Waals surface area (Å²) in [6, 6.07) is 0. The van der Waals surface area contributed by atoms with Gasteiger partial charge < -0.3 is 0 Å². The van der Waals surface area contributed by atoms with Crippen LogP contribution in [0.2, 0.25) is 0 Å². The van der Waals surface area contributed by atoms with Crippen molar-refractivity contribution >= 4 is 0 Å². The number of hydrazine groups is 1. The molecule has 0 bridgehead atoms. The highest BCUT2D eigenvalue weighted by Gasteiger charge is 2.39. The van der Waals surface area contributed by atoms with Crippen molar-refractivity contribution in [3.05, 3.63) is 12.3 Å². The van der Waals surface area contributed by atoms with Gasteiger partial charge in [0.1, 0.15) is 0 Å². The normalized spacial score (nSPS) is 20.6. The average molecular weight is 152 g/mol. The van der Waals surface area contributed by atoms with Gasteiger partial charge in [0.05, 0.1) is 0 Å². The van der Waals surface area contributed by atoms with Crippen molar-refractivity contribution in [2.45, 2.75) is 6.30 Å². The molecule has 0 atom stereocenters. The van der Waals surface area contributed by atoms with Crippen LogP contribution >= 0.6 is 0 Å². The maximum absolute atomic E-state index is 11.8. The van der Waals surface area contributed by atoms with Crippen LogP contribution in [0.1, 0.15) is 0 Å². The van der Waals surface area contributed by atoms with Crippen molar-refractivity contribution in [2.75, 3.05) is 13.6 Å². The predicted octanol–water partition coefficient (Wildman–Crippen LogP) is 1.18. The Morgan fingerprint density at radius 3 is 2.20 bits per heavy atom. The number of alkyl halides is 3. The fourth-order valence-electron chi connectivity index (χ4n) is 0.779. The first kappa shape index (κ1) is 7.40. The molecule has 10 heavy (non-hydrogen) atoms. The monoisotopic (exact) mass is 152 g/mol. The van der Waals surface area contributed by atoms with E-state index in [0.717, 1.165) is 11.2 Å².